The predicted octanol–water partition coefficient (Wildman–Crippen LogP) is -1.36. The molecule has 0 radical (unpaired) electrons. The molecule has 19 heavy (non-hydrogen) atoms. The van der Waals surface area contributed by atoms with Crippen molar-refractivity contribution in [3.8, 4) is 0 Å². The Kier molecular flexibility index (Phi) is 3.79. The van der Waals surface area contributed by atoms with Crippen LogP contribution >= 0.6 is 0 Å². The van der Waals surface area contributed by atoms with Gasteiger partial charge in [-0.05, 0) is 12.8 Å². The van der Waals surface area contributed by atoms with Gasteiger partial charge in [-0.25, -0.2) is 17.5 Å². The summed E-state index contributed by atoms with van der Waals surface area (Å²) in [6, 6.07) is -0.513. The van der Waals surface area contributed by atoms with Crippen molar-refractivity contribution in [3.05, 3.63) is 0 Å². The second-order valence-corrected chi connectivity index (χ2v) is 6.79. The topological polar surface area (TPSA) is 105 Å². The lowest BCUT2D eigenvalue weighted by Gasteiger charge is -2.36. The minimum absolute atomic E-state index is 0.0743. The maximum Gasteiger partial charge on any atom is 0.322 e. The molecule has 2 saturated heterocycles. The van der Waals surface area contributed by atoms with Gasteiger partial charge in [-0.3, -0.25) is 10.1 Å². The number of piperidine rings is 1. The van der Waals surface area contributed by atoms with Crippen LogP contribution in [-0.2, 0) is 19.6 Å². The molecule has 0 unspecified atom stereocenters. The number of carbonyl (C=O) groups excluding carboxylic acids is 2. The van der Waals surface area contributed by atoms with Crippen LogP contribution in [0.15, 0.2) is 0 Å². The van der Waals surface area contributed by atoms with Crippen molar-refractivity contribution < 1.29 is 22.7 Å². The smallest absolute Gasteiger partial charge is 0.322 e. The first kappa shape index (κ1) is 14.2. The summed E-state index contributed by atoms with van der Waals surface area (Å²) in [4.78, 5) is 22.9. The van der Waals surface area contributed by atoms with Crippen LogP contribution in [0, 0.1) is 0 Å². The summed E-state index contributed by atoms with van der Waals surface area (Å²) in [5.74, 6) is -0.443. The molecule has 0 aromatic rings. The second kappa shape index (κ2) is 5.06. The fraction of sp³-hybridized carbons (Fsp3) is 0.800. The van der Waals surface area contributed by atoms with Gasteiger partial charge in [0.15, 0.2) is 0 Å². The summed E-state index contributed by atoms with van der Waals surface area (Å²) in [7, 11) is -1.92. The molecule has 8 nitrogen and oxygen atoms in total. The van der Waals surface area contributed by atoms with E-state index in [0.29, 0.717) is 0 Å². The summed E-state index contributed by atoms with van der Waals surface area (Å²) in [5, 5.41) is 4.78. The summed E-state index contributed by atoms with van der Waals surface area (Å²) < 4.78 is 30.0. The maximum absolute atomic E-state index is 12.0. The van der Waals surface area contributed by atoms with Crippen LogP contribution < -0.4 is 10.6 Å². The molecule has 0 saturated carbocycles. The standard InChI is InChI=1S/C10H17N3O5S/c1-18-6-7-19(16,17)13-4-2-10(3-5-13)8(14)11-9(15)12-10/h2-7H2,1H3,(H2,11,12,14,15). The number of rotatable bonds is 4. The van der Waals surface area contributed by atoms with Crippen molar-refractivity contribution in [1.82, 2.24) is 14.9 Å². The molecule has 2 heterocycles. The van der Waals surface area contributed by atoms with Crippen molar-refractivity contribution in [2.75, 3.05) is 32.6 Å². The molecule has 0 atom stereocenters. The van der Waals surface area contributed by atoms with E-state index in [2.05, 4.69) is 10.6 Å². The molecule has 2 aliphatic rings. The molecule has 3 amide bonds. The third-order valence-corrected chi connectivity index (χ3v) is 5.36. The van der Waals surface area contributed by atoms with Crippen LogP contribution in [0.3, 0.4) is 0 Å². The predicted molar refractivity (Wildman–Crippen MR) is 65.9 cm³/mol. The van der Waals surface area contributed by atoms with E-state index >= 15 is 0 Å². The van der Waals surface area contributed by atoms with Gasteiger partial charge in [0.1, 0.15) is 5.54 Å². The third-order valence-electron chi connectivity index (χ3n) is 3.53. The largest absolute Gasteiger partial charge is 0.384 e. The molecule has 2 fully saturated rings. The van der Waals surface area contributed by atoms with Gasteiger partial charge in [0.2, 0.25) is 10.0 Å². The molecule has 1 spiro atoms. The van der Waals surface area contributed by atoms with Gasteiger partial charge >= 0.3 is 6.03 Å². The van der Waals surface area contributed by atoms with Gasteiger partial charge < -0.3 is 10.1 Å². The number of ether oxygens (including phenoxy) is 1. The van der Waals surface area contributed by atoms with E-state index in [-0.39, 0.29) is 44.2 Å². The van der Waals surface area contributed by atoms with Gasteiger partial charge in [-0.15, -0.1) is 0 Å². The number of nitrogens with one attached hydrogen (secondary N) is 2. The molecule has 2 aliphatic heterocycles. The van der Waals surface area contributed by atoms with Crippen molar-refractivity contribution in [2.45, 2.75) is 18.4 Å². The van der Waals surface area contributed by atoms with Gasteiger partial charge in [-0.2, -0.15) is 0 Å². The number of imide groups is 1. The van der Waals surface area contributed by atoms with E-state index in [1.54, 1.807) is 0 Å². The maximum atomic E-state index is 12.0. The number of amides is 3. The molecular weight excluding hydrogens is 274 g/mol. The fourth-order valence-corrected chi connectivity index (χ4v) is 3.72. The Labute approximate surface area is 111 Å². The Bertz CT molecular complexity index is 481. The average Bonchev–Trinajstić information content (AvgIpc) is 2.62. The number of urea groups is 1. The highest BCUT2D eigenvalue weighted by atomic mass is 32.2. The fourth-order valence-electron chi connectivity index (χ4n) is 2.34. The van der Waals surface area contributed by atoms with Crippen molar-refractivity contribution in [2.24, 2.45) is 0 Å². The number of hydrogen-bond donors (Lipinski definition) is 2. The van der Waals surface area contributed by atoms with Gasteiger partial charge in [0, 0.05) is 20.2 Å². The Morgan fingerprint density at radius 3 is 2.42 bits per heavy atom. The first-order chi connectivity index (χ1) is 8.89. The van der Waals surface area contributed by atoms with Crippen LogP contribution in [0.25, 0.3) is 0 Å². The summed E-state index contributed by atoms with van der Waals surface area (Å²) in [6.45, 7) is 0.584. The molecule has 2 rings (SSSR count). The Balaban J connectivity index is 2.00. The van der Waals surface area contributed by atoms with Crippen LogP contribution in [0.2, 0.25) is 0 Å². The average molecular weight is 291 g/mol. The normalized spacial score (nSPS) is 23.4. The lowest BCUT2D eigenvalue weighted by Crippen LogP contribution is -2.56. The number of hydrogen-bond acceptors (Lipinski definition) is 5. The first-order valence-corrected chi connectivity index (χ1v) is 7.61. The van der Waals surface area contributed by atoms with E-state index in [1.807, 2.05) is 0 Å². The number of nitrogens with zero attached hydrogens (tertiary/aromatic N) is 1. The van der Waals surface area contributed by atoms with E-state index in [4.69, 9.17) is 4.74 Å². The molecule has 0 bridgehead atoms. The Hall–Kier alpha value is -1.19. The molecular formula is C10H17N3O5S. The van der Waals surface area contributed by atoms with Gasteiger partial charge in [-0.1, -0.05) is 0 Å². The highest BCUT2D eigenvalue weighted by Crippen LogP contribution is 2.26. The lowest BCUT2D eigenvalue weighted by molar-refractivity contribution is -0.125. The monoisotopic (exact) mass is 291 g/mol. The van der Waals surface area contributed by atoms with Crippen molar-refractivity contribution in [3.63, 3.8) is 0 Å². The molecule has 0 aromatic heterocycles. The minimum Gasteiger partial charge on any atom is -0.384 e. The lowest BCUT2D eigenvalue weighted by atomic mass is 9.89. The second-order valence-electron chi connectivity index (χ2n) is 4.70. The number of methoxy groups -OCH3 is 1. The van der Waals surface area contributed by atoms with Crippen LogP contribution in [0.1, 0.15) is 12.8 Å². The zero-order valence-electron chi connectivity index (χ0n) is 10.6. The highest BCUT2D eigenvalue weighted by Gasteiger charge is 2.49. The van der Waals surface area contributed by atoms with Crippen LogP contribution in [-0.4, -0.2) is 62.8 Å². The summed E-state index contributed by atoms with van der Waals surface area (Å²) in [5.41, 5.74) is -0.940. The van der Waals surface area contributed by atoms with Crippen molar-refractivity contribution >= 4 is 22.0 Å². The molecule has 0 aliphatic carbocycles. The number of carbonyl (C=O) groups is 2. The minimum atomic E-state index is -3.36. The van der Waals surface area contributed by atoms with E-state index in [1.165, 1.54) is 11.4 Å². The third kappa shape index (κ3) is 2.72. The number of sulfonamides is 1. The summed E-state index contributed by atoms with van der Waals surface area (Å²) in [6.07, 6.45) is 0.577. The SMILES string of the molecule is COCCS(=O)(=O)N1CCC2(CC1)NC(=O)NC2=O. The van der Waals surface area contributed by atoms with E-state index < -0.39 is 21.6 Å². The quantitative estimate of drug-likeness (QED) is 0.622. The molecule has 108 valence electrons. The molecule has 9 heteroatoms. The highest BCUT2D eigenvalue weighted by molar-refractivity contribution is 7.89. The Morgan fingerprint density at radius 1 is 1.32 bits per heavy atom. The van der Waals surface area contributed by atoms with E-state index in [9.17, 15) is 18.0 Å². The van der Waals surface area contributed by atoms with Crippen LogP contribution in [0.5, 0.6) is 0 Å². The van der Waals surface area contributed by atoms with Gasteiger partial charge in [0.05, 0.1) is 12.4 Å². The Morgan fingerprint density at radius 2 is 1.95 bits per heavy atom. The zero-order valence-corrected chi connectivity index (χ0v) is 11.5. The molecule has 0 aromatic carbocycles. The first-order valence-electron chi connectivity index (χ1n) is 6.00. The van der Waals surface area contributed by atoms with E-state index in [0.717, 1.165) is 0 Å². The zero-order chi connectivity index (χ0) is 14.1. The summed E-state index contributed by atoms with van der Waals surface area (Å²) >= 11 is 0. The molecule has 2 N–H and O–H groups in total. The van der Waals surface area contributed by atoms with Crippen molar-refractivity contribution in [1.29, 1.82) is 0 Å². The van der Waals surface area contributed by atoms with Gasteiger partial charge in [0.25, 0.3) is 5.91 Å². The van der Waals surface area contributed by atoms with Crippen LogP contribution in [0.4, 0.5) is 4.79 Å².